The standard InChI is InChI=1S/C17H21NO2/c1-11(2)10-18-13(4)15(17(19)20)9-16(18)14-7-5-12(3)6-8-14/h5-9,11H,10H2,1-4H3,(H,19,20). The maximum Gasteiger partial charge on any atom is 0.337 e. The van der Waals surface area contributed by atoms with Crippen LogP contribution in [0.2, 0.25) is 0 Å². The Bertz CT molecular complexity index is 621. The van der Waals surface area contributed by atoms with Gasteiger partial charge in [0.2, 0.25) is 0 Å². The molecule has 0 atom stereocenters. The van der Waals surface area contributed by atoms with Gasteiger partial charge in [-0.3, -0.25) is 0 Å². The average Bonchev–Trinajstić information content (AvgIpc) is 2.68. The number of rotatable bonds is 4. The number of carboxylic acids is 1. The highest BCUT2D eigenvalue weighted by Gasteiger charge is 2.18. The van der Waals surface area contributed by atoms with Crippen LogP contribution in [0.25, 0.3) is 11.3 Å². The van der Waals surface area contributed by atoms with Gasteiger partial charge in [0.1, 0.15) is 0 Å². The van der Waals surface area contributed by atoms with Gasteiger partial charge in [-0.2, -0.15) is 0 Å². The first-order valence-electron chi connectivity index (χ1n) is 6.90. The Labute approximate surface area is 119 Å². The molecular weight excluding hydrogens is 250 g/mol. The molecule has 0 fully saturated rings. The Kier molecular flexibility index (Phi) is 3.98. The second-order valence-corrected chi connectivity index (χ2v) is 5.70. The fourth-order valence-corrected chi connectivity index (χ4v) is 2.43. The molecule has 0 saturated carbocycles. The van der Waals surface area contributed by atoms with Crippen LogP contribution in [0.4, 0.5) is 0 Å². The minimum atomic E-state index is -0.863. The first-order chi connectivity index (χ1) is 9.40. The van der Waals surface area contributed by atoms with Gasteiger partial charge in [-0.05, 0) is 31.4 Å². The number of aromatic nitrogens is 1. The highest BCUT2D eigenvalue weighted by molar-refractivity contribution is 5.91. The predicted octanol–water partition coefficient (Wildman–Crippen LogP) is 4.13. The quantitative estimate of drug-likeness (QED) is 0.908. The number of benzene rings is 1. The summed E-state index contributed by atoms with van der Waals surface area (Å²) in [4.78, 5) is 11.3. The molecular formula is C17H21NO2. The smallest absolute Gasteiger partial charge is 0.337 e. The van der Waals surface area contributed by atoms with E-state index in [1.807, 2.05) is 26.0 Å². The summed E-state index contributed by atoms with van der Waals surface area (Å²) in [7, 11) is 0. The summed E-state index contributed by atoms with van der Waals surface area (Å²) in [5, 5.41) is 9.32. The lowest BCUT2D eigenvalue weighted by Gasteiger charge is -2.14. The molecule has 1 aromatic heterocycles. The Morgan fingerprint density at radius 3 is 2.30 bits per heavy atom. The van der Waals surface area contributed by atoms with Gasteiger partial charge in [-0.15, -0.1) is 0 Å². The van der Waals surface area contributed by atoms with Gasteiger partial charge in [-0.25, -0.2) is 4.79 Å². The van der Waals surface area contributed by atoms with Crippen LogP contribution in [-0.2, 0) is 6.54 Å². The van der Waals surface area contributed by atoms with Crippen molar-refractivity contribution >= 4 is 5.97 Å². The largest absolute Gasteiger partial charge is 0.478 e. The molecule has 0 aliphatic heterocycles. The van der Waals surface area contributed by atoms with E-state index in [1.54, 1.807) is 6.07 Å². The fraction of sp³-hybridized carbons (Fsp3) is 0.353. The minimum Gasteiger partial charge on any atom is -0.478 e. The third-order valence-corrected chi connectivity index (χ3v) is 3.49. The van der Waals surface area contributed by atoms with E-state index in [1.165, 1.54) is 5.56 Å². The number of carbonyl (C=O) groups is 1. The Hall–Kier alpha value is -2.03. The van der Waals surface area contributed by atoms with E-state index < -0.39 is 5.97 Å². The van der Waals surface area contributed by atoms with Crippen molar-refractivity contribution in [2.75, 3.05) is 0 Å². The number of hydrogen-bond acceptors (Lipinski definition) is 1. The Morgan fingerprint density at radius 1 is 1.20 bits per heavy atom. The lowest BCUT2D eigenvalue weighted by molar-refractivity contribution is 0.0696. The van der Waals surface area contributed by atoms with Crippen molar-refractivity contribution in [2.24, 2.45) is 5.92 Å². The second-order valence-electron chi connectivity index (χ2n) is 5.70. The zero-order chi connectivity index (χ0) is 14.9. The van der Waals surface area contributed by atoms with E-state index in [2.05, 4.69) is 30.5 Å². The molecule has 20 heavy (non-hydrogen) atoms. The van der Waals surface area contributed by atoms with E-state index in [0.29, 0.717) is 11.5 Å². The van der Waals surface area contributed by atoms with Crippen LogP contribution in [-0.4, -0.2) is 15.6 Å². The monoisotopic (exact) mass is 271 g/mol. The van der Waals surface area contributed by atoms with Gasteiger partial charge in [0.15, 0.2) is 0 Å². The molecule has 1 aromatic carbocycles. The Balaban J connectivity index is 2.58. The average molecular weight is 271 g/mol. The SMILES string of the molecule is Cc1ccc(-c2cc(C(=O)O)c(C)n2CC(C)C)cc1. The molecule has 106 valence electrons. The van der Waals surface area contributed by atoms with E-state index in [9.17, 15) is 9.90 Å². The lowest BCUT2D eigenvalue weighted by atomic mass is 10.1. The molecule has 1 N–H and O–H groups in total. The van der Waals surface area contributed by atoms with Crippen LogP contribution in [0.15, 0.2) is 30.3 Å². The number of hydrogen-bond donors (Lipinski definition) is 1. The van der Waals surface area contributed by atoms with Gasteiger partial charge >= 0.3 is 5.97 Å². The van der Waals surface area contributed by atoms with Gasteiger partial charge in [-0.1, -0.05) is 43.7 Å². The molecule has 0 saturated heterocycles. The van der Waals surface area contributed by atoms with Crippen LogP contribution in [0.5, 0.6) is 0 Å². The van der Waals surface area contributed by atoms with Crippen molar-refractivity contribution in [3.63, 3.8) is 0 Å². The zero-order valence-corrected chi connectivity index (χ0v) is 12.5. The number of carboxylic acid groups (broad SMARTS) is 1. The van der Waals surface area contributed by atoms with E-state index in [4.69, 9.17) is 0 Å². The molecule has 3 nitrogen and oxygen atoms in total. The van der Waals surface area contributed by atoms with Crippen molar-refractivity contribution in [1.29, 1.82) is 0 Å². The fourth-order valence-electron chi connectivity index (χ4n) is 2.43. The number of nitrogens with zero attached hydrogens (tertiary/aromatic N) is 1. The normalized spacial score (nSPS) is 11.1. The maximum atomic E-state index is 11.3. The summed E-state index contributed by atoms with van der Waals surface area (Å²) in [6.45, 7) is 9.02. The molecule has 2 aromatic rings. The maximum absolute atomic E-state index is 11.3. The molecule has 3 heteroatoms. The highest BCUT2D eigenvalue weighted by Crippen LogP contribution is 2.27. The topological polar surface area (TPSA) is 42.2 Å². The number of aromatic carboxylic acids is 1. The molecule has 0 unspecified atom stereocenters. The predicted molar refractivity (Wildman–Crippen MR) is 81.1 cm³/mol. The molecule has 1 heterocycles. The van der Waals surface area contributed by atoms with E-state index >= 15 is 0 Å². The van der Waals surface area contributed by atoms with Crippen molar-refractivity contribution in [3.8, 4) is 11.3 Å². The summed E-state index contributed by atoms with van der Waals surface area (Å²) >= 11 is 0. The van der Waals surface area contributed by atoms with Crippen LogP contribution in [0.1, 0.15) is 35.5 Å². The van der Waals surface area contributed by atoms with Gasteiger partial charge in [0, 0.05) is 17.9 Å². The van der Waals surface area contributed by atoms with Gasteiger partial charge in [0.05, 0.1) is 5.56 Å². The van der Waals surface area contributed by atoms with E-state index in [0.717, 1.165) is 23.5 Å². The first kappa shape index (κ1) is 14.4. The molecule has 0 bridgehead atoms. The van der Waals surface area contributed by atoms with Crippen LogP contribution < -0.4 is 0 Å². The number of aryl methyl sites for hydroxylation is 1. The summed E-state index contributed by atoms with van der Waals surface area (Å²) in [6.07, 6.45) is 0. The molecule has 0 aliphatic rings. The van der Waals surface area contributed by atoms with Crippen LogP contribution >= 0.6 is 0 Å². The van der Waals surface area contributed by atoms with Gasteiger partial charge < -0.3 is 9.67 Å². The summed E-state index contributed by atoms with van der Waals surface area (Å²) in [6, 6.07) is 9.99. The van der Waals surface area contributed by atoms with Crippen molar-refractivity contribution in [2.45, 2.75) is 34.2 Å². The summed E-state index contributed by atoms with van der Waals surface area (Å²) < 4.78 is 2.11. The first-order valence-corrected chi connectivity index (χ1v) is 6.90. The second kappa shape index (κ2) is 5.53. The molecule has 0 aliphatic carbocycles. The molecule has 0 amide bonds. The van der Waals surface area contributed by atoms with Gasteiger partial charge in [0.25, 0.3) is 0 Å². The van der Waals surface area contributed by atoms with Crippen LogP contribution in [0, 0.1) is 19.8 Å². The third-order valence-electron chi connectivity index (χ3n) is 3.49. The molecule has 2 rings (SSSR count). The molecule has 0 radical (unpaired) electrons. The van der Waals surface area contributed by atoms with E-state index in [-0.39, 0.29) is 0 Å². The minimum absolute atomic E-state index is 0.390. The van der Waals surface area contributed by atoms with Crippen molar-refractivity contribution < 1.29 is 9.90 Å². The zero-order valence-electron chi connectivity index (χ0n) is 12.5. The third kappa shape index (κ3) is 2.77. The van der Waals surface area contributed by atoms with Crippen LogP contribution in [0.3, 0.4) is 0 Å². The summed E-state index contributed by atoms with van der Waals surface area (Å²) in [5.41, 5.74) is 4.45. The van der Waals surface area contributed by atoms with Crippen molar-refractivity contribution in [1.82, 2.24) is 4.57 Å². The highest BCUT2D eigenvalue weighted by atomic mass is 16.4. The lowest BCUT2D eigenvalue weighted by Crippen LogP contribution is -2.09. The Morgan fingerprint density at radius 2 is 1.80 bits per heavy atom. The molecule has 0 spiro atoms. The van der Waals surface area contributed by atoms with Crippen molar-refractivity contribution in [3.05, 3.63) is 47.2 Å². The summed E-state index contributed by atoms with van der Waals surface area (Å²) in [5.74, 6) is -0.398.